The Hall–Kier alpha value is -2.66. The zero-order valence-corrected chi connectivity index (χ0v) is 25.0. The summed E-state index contributed by atoms with van der Waals surface area (Å²) in [6.07, 6.45) is -5.57. The van der Waals surface area contributed by atoms with Gasteiger partial charge >= 0.3 is 12.1 Å². The molecular weight excluding hydrogens is 560 g/mol. The summed E-state index contributed by atoms with van der Waals surface area (Å²) in [7, 11) is -3.74. The standard InChI is InChI=1S/C30H40F4N2O4S/c1-18(2)9-10-21-11-20(14-24(31)26(21)35)12-22-16-41(38,39)17-25(27(22)40-28(37)30(32,33)34)36-15-19-7-6-8-23(13-19)29(3,4)5/h6-8,11,13-14,18,22,25,27,36H,9-10,12,15-17,35H2,1-5H3/t22-,25+,27+/m1/s1. The second-order valence-corrected chi connectivity index (χ2v) is 14.6. The van der Waals surface area contributed by atoms with Gasteiger partial charge in [0.1, 0.15) is 11.9 Å². The smallest absolute Gasteiger partial charge is 0.454 e. The second-order valence-electron chi connectivity index (χ2n) is 12.4. The van der Waals surface area contributed by atoms with Gasteiger partial charge in [0.2, 0.25) is 0 Å². The molecule has 0 amide bonds. The monoisotopic (exact) mass is 600 g/mol. The zero-order chi connectivity index (χ0) is 30.8. The van der Waals surface area contributed by atoms with E-state index in [2.05, 4.69) is 5.32 Å². The predicted octanol–water partition coefficient (Wildman–Crippen LogP) is 5.51. The van der Waals surface area contributed by atoms with Crippen molar-refractivity contribution in [2.75, 3.05) is 17.2 Å². The second kappa shape index (κ2) is 12.7. The molecule has 1 saturated heterocycles. The lowest BCUT2D eigenvalue weighted by Gasteiger charge is -2.38. The maximum atomic E-state index is 14.7. The lowest BCUT2D eigenvalue weighted by Crippen LogP contribution is -2.57. The fourth-order valence-corrected chi connectivity index (χ4v) is 7.06. The van der Waals surface area contributed by atoms with E-state index in [1.54, 1.807) is 6.07 Å². The van der Waals surface area contributed by atoms with E-state index in [1.165, 1.54) is 6.07 Å². The summed E-state index contributed by atoms with van der Waals surface area (Å²) in [5.41, 5.74) is 8.53. The first-order chi connectivity index (χ1) is 18.9. The maximum absolute atomic E-state index is 14.7. The van der Waals surface area contributed by atoms with Crippen molar-refractivity contribution in [3.63, 3.8) is 0 Å². The first kappa shape index (κ1) is 32.8. The first-order valence-electron chi connectivity index (χ1n) is 13.7. The fourth-order valence-electron chi connectivity index (χ4n) is 5.11. The van der Waals surface area contributed by atoms with Gasteiger partial charge in [-0.1, -0.05) is 65.0 Å². The number of nitrogens with two attached hydrogens (primary N) is 1. The van der Waals surface area contributed by atoms with Crippen molar-refractivity contribution in [1.82, 2.24) is 5.32 Å². The number of carbonyl (C=O) groups excluding carboxylic acids is 1. The Kier molecular flexibility index (Phi) is 10.2. The molecule has 2 aromatic carbocycles. The van der Waals surface area contributed by atoms with E-state index in [4.69, 9.17) is 10.5 Å². The summed E-state index contributed by atoms with van der Waals surface area (Å²) in [5, 5.41) is 3.04. The molecular formula is C30H40F4N2O4S. The van der Waals surface area contributed by atoms with Crippen LogP contribution in [0, 0.1) is 17.7 Å². The number of benzene rings is 2. The first-order valence-corrected chi connectivity index (χ1v) is 15.6. The lowest BCUT2D eigenvalue weighted by atomic mass is 9.86. The Morgan fingerprint density at radius 1 is 1.10 bits per heavy atom. The summed E-state index contributed by atoms with van der Waals surface area (Å²) in [6, 6.07) is 9.29. The molecule has 6 nitrogen and oxygen atoms in total. The molecule has 1 aliphatic heterocycles. The normalized spacial score (nSPS) is 21.2. The molecule has 0 saturated carbocycles. The molecule has 0 aliphatic carbocycles. The average molecular weight is 601 g/mol. The summed E-state index contributed by atoms with van der Waals surface area (Å²) < 4.78 is 85.4. The zero-order valence-electron chi connectivity index (χ0n) is 24.1. The van der Waals surface area contributed by atoms with E-state index in [1.807, 2.05) is 58.9 Å². The minimum absolute atomic E-state index is 0.0113. The number of sulfone groups is 1. The Balaban J connectivity index is 1.94. The number of halogens is 4. The van der Waals surface area contributed by atoms with Gasteiger partial charge in [0.15, 0.2) is 9.84 Å². The van der Waals surface area contributed by atoms with E-state index >= 15 is 0 Å². The molecule has 11 heteroatoms. The molecule has 0 bridgehead atoms. The Morgan fingerprint density at radius 3 is 2.39 bits per heavy atom. The molecule has 3 rings (SSSR count). The molecule has 2 aromatic rings. The van der Waals surface area contributed by atoms with Crippen LogP contribution >= 0.6 is 0 Å². The van der Waals surface area contributed by atoms with Crippen molar-refractivity contribution in [2.24, 2.45) is 11.8 Å². The van der Waals surface area contributed by atoms with Gasteiger partial charge in [0.25, 0.3) is 0 Å². The number of nitrogen functional groups attached to an aromatic ring is 1. The number of hydrogen-bond donors (Lipinski definition) is 2. The van der Waals surface area contributed by atoms with Gasteiger partial charge in [-0.25, -0.2) is 17.6 Å². The molecule has 41 heavy (non-hydrogen) atoms. The number of alkyl halides is 3. The van der Waals surface area contributed by atoms with Crippen LogP contribution in [0.25, 0.3) is 0 Å². The van der Waals surface area contributed by atoms with Crippen molar-refractivity contribution in [3.8, 4) is 0 Å². The maximum Gasteiger partial charge on any atom is 0.490 e. The number of hydrogen-bond acceptors (Lipinski definition) is 6. The SMILES string of the molecule is CC(C)CCc1cc(C[C@@H]2CS(=O)(=O)C[C@H](NCc3cccc(C(C)(C)C)c3)[C@H]2OC(=O)C(F)(F)F)cc(F)c1N. The van der Waals surface area contributed by atoms with E-state index in [0.29, 0.717) is 23.5 Å². The van der Waals surface area contributed by atoms with Crippen LogP contribution in [0.4, 0.5) is 23.2 Å². The molecule has 0 radical (unpaired) electrons. The highest BCUT2D eigenvalue weighted by Crippen LogP contribution is 2.31. The van der Waals surface area contributed by atoms with E-state index in [-0.39, 0.29) is 24.1 Å². The number of rotatable bonds is 9. The van der Waals surface area contributed by atoms with Gasteiger partial charge in [-0.05, 0) is 58.9 Å². The van der Waals surface area contributed by atoms with E-state index < -0.39 is 57.4 Å². The van der Waals surface area contributed by atoms with Crippen LogP contribution < -0.4 is 11.1 Å². The summed E-state index contributed by atoms with van der Waals surface area (Å²) in [4.78, 5) is 12.0. The molecule has 3 atom stereocenters. The highest BCUT2D eigenvalue weighted by molar-refractivity contribution is 7.91. The number of esters is 1. The van der Waals surface area contributed by atoms with Gasteiger partial charge in [-0.15, -0.1) is 0 Å². The summed E-state index contributed by atoms with van der Waals surface area (Å²) in [5.74, 6) is -4.81. The van der Waals surface area contributed by atoms with Crippen LogP contribution in [0.1, 0.15) is 63.3 Å². The van der Waals surface area contributed by atoms with Gasteiger partial charge in [0.05, 0.1) is 23.2 Å². The summed E-state index contributed by atoms with van der Waals surface area (Å²) in [6.45, 7) is 10.3. The minimum Gasteiger partial charge on any atom is -0.454 e. The molecule has 1 fully saturated rings. The van der Waals surface area contributed by atoms with Gasteiger partial charge in [-0.2, -0.15) is 13.2 Å². The fraction of sp³-hybridized carbons (Fsp3) is 0.567. The quantitative estimate of drug-likeness (QED) is 0.224. The third-order valence-electron chi connectivity index (χ3n) is 7.36. The van der Waals surface area contributed by atoms with Crippen LogP contribution in [0.3, 0.4) is 0 Å². The van der Waals surface area contributed by atoms with E-state index in [0.717, 1.165) is 17.5 Å². The molecule has 3 N–H and O–H groups in total. The molecule has 0 aromatic heterocycles. The van der Waals surface area contributed by atoms with Crippen molar-refractivity contribution < 1.29 is 35.5 Å². The minimum atomic E-state index is -5.26. The number of nitrogens with one attached hydrogen (secondary N) is 1. The Bertz CT molecular complexity index is 1340. The molecule has 1 heterocycles. The highest BCUT2D eigenvalue weighted by atomic mass is 32.2. The molecule has 1 aliphatic rings. The number of aryl methyl sites for hydroxylation is 1. The number of anilines is 1. The van der Waals surface area contributed by atoms with Crippen molar-refractivity contribution in [1.29, 1.82) is 0 Å². The third-order valence-corrected chi connectivity index (χ3v) is 9.17. The number of ether oxygens (including phenoxy) is 1. The van der Waals surface area contributed by atoms with Crippen LogP contribution in [-0.4, -0.2) is 44.2 Å². The Morgan fingerprint density at radius 2 is 1.78 bits per heavy atom. The lowest BCUT2D eigenvalue weighted by molar-refractivity contribution is -0.208. The van der Waals surface area contributed by atoms with E-state index in [9.17, 15) is 30.8 Å². The highest BCUT2D eigenvalue weighted by Gasteiger charge is 2.48. The largest absolute Gasteiger partial charge is 0.490 e. The van der Waals surface area contributed by atoms with Crippen molar-refractivity contribution in [2.45, 2.75) is 84.2 Å². The molecule has 0 spiro atoms. The topological polar surface area (TPSA) is 98.5 Å². The Labute approximate surface area is 240 Å². The third kappa shape index (κ3) is 9.16. The van der Waals surface area contributed by atoms with Crippen molar-refractivity contribution in [3.05, 3.63) is 64.5 Å². The van der Waals surface area contributed by atoms with Gasteiger partial charge in [0, 0.05) is 12.5 Å². The van der Waals surface area contributed by atoms with Crippen LogP contribution in [-0.2, 0) is 44.2 Å². The molecule has 0 unspecified atom stereocenters. The van der Waals surface area contributed by atoms with Crippen LogP contribution in [0.2, 0.25) is 0 Å². The molecule has 228 valence electrons. The van der Waals surface area contributed by atoms with Gasteiger partial charge in [-0.3, -0.25) is 0 Å². The van der Waals surface area contributed by atoms with Crippen LogP contribution in [0.5, 0.6) is 0 Å². The number of carbonyl (C=O) groups is 1. The average Bonchev–Trinajstić information content (AvgIpc) is 2.84. The van der Waals surface area contributed by atoms with Crippen LogP contribution in [0.15, 0.2) is 36.4 Å². The predicted molar refractivity (Wildman–Crippen MR) is 152 cm³/mol. The van der Waals surface area contributed by atoms with Gasteiger partial charge < -0.3 is 15.8 Å². The summed E-state index contributed by atoms with van der Waals surface area (Å²) >= 11 is 0. The van der Waals surface area contributed by atoms with Crippen molar-refractivity contribution >= 4 is 21.5 Å².